The van der Waals surface area contributed by atoms with Crippen molar-refractivity contribution < 1.29 is 4.92 Å². The van der Waals surface area contributed by atoms with Crippen LogP contribution in [0.3, 0.4) is 0 Å². The highest BCUT2D eigenvalue weighted by Gasteiger charge is 2.20. The maximum Gasteiger partial charge on any atom is 0.272 e. The number of likely N-dealkylation sites (tertiary alicyclic amines) is 1. The molecule has 0 saturated carbocycles. The third kappa shape index (κ3) is 3.30. The number of rotatable bonds is 4. The van der Waals surface area contributed by atoms with Gasteiger partial charge in [0.2, 0.25) is 0 Å². The molecule has 104 valence electrons. The summed E-state index contributed by atoms with van der Waals surface area (Å²) in [5.41, 5.74) is 7.78. The predicted molar refractivity (Wildman–Crippen MR) is 74.9 cm³/mol. The van der Waals surface area contributed by atoms with E-state index in [1.807, 2.05) is 13.0 Å². The van der Waals surface area contributed by atoms with Gasteiger partial charge in [-0.25, -0.2) is 0 Å². The van der Waals surface area contributed by atoms with E-state index < -0.39 is 0 Å². The Morgan fingerprint density at radius 2 is 2.32 bits per heavy atom. The van der Waals surface area contributed by atoms with Crippen molar-refractivity contribution in [2.45, 2.75) is 26.3 Å². The molecule has 1 fully saturated rings. The SMILES string of the molecule is Cc1c(CN2CCCC(CN)C2)cccc1[N+](=O)[O-]. The third-order valence-corrected chi connectivity index (χ3v) is 3.94. The number of piperidine rings is 1. The molecule has 0 aromatic heterocycles. The fraction of sp³-hybridized carbons (Fsp3) is 0.571. The molecule has 0 bridgehead atoms. The smallest absolute Gasteiger partial charge is 0.272 e. The quantitative estimate of drug-likeness (QED) is 0.666. The Morgan fingerprint density at radius 1 is 1.53 bits per heavy atom. The van der Waals surface area contributed by atoms with Gasteiger partial charge in [0, 0.05) is 24.7 Å². The molecule has 5 nitrogen and oxygen atoms in total. The largest absolute Gasteiger partial charge is 0.330 e. The van der Waals surface area contributed by atoms with Crippen molar-refractivity contribution in [2.24, 2.45) is 11.7 Å². The molecule has 1 heterocycles. The first-order chi connectivity index (χ1) is 9.11. The second-order valence-corrected chi connectivity index (χ2v) is 5.30. The topological polar surface area (TPSA) is 72.4 Å². The van der Waals surface area contributed by atoms with E-state index in [-0.39, 0.29) is 10.6 Å². The lowest BCUT2D eigenvalue weighted by atomic mass is 9.97. The number of nitro groups is 1. The first-order valence-electron chi connectivity index (χ1n) is 6.77. The molecular weight excluding hydrogens is 242 g/mol. The lowest BCUT2D eigenvalue weighted by Crippen LogP contribution is -2.38. The van der Waals surface area contributed by atoms with Crippen molar-refractivity contribution in [1.29, 1.82) is 0 Å². The van der Waals surface area contributed by atoms with E-state index in [0.717, 1.165) is 43.7 Å². The Labute approximate surface area is 113 Å². The zero-order valence-electron chi connectivity index (χ0n) is 11.3. The summed E-state index contributed by atoms with van der Waals surface area (Å²) in [7, 11) is 0. The van der Waals surface area contributed by atoms with Crippen molar-refractivity contribution in [3.63, 3.8) is 0 Å². The molecule has 0 radical (unpaired) electrons. The summed E-state index contributed by atoms with van der Waals surface area (Å²) in [6.45, 7) is 5.39. The van der Waals surface area contributed by atoms with E-state index in [1.165, 1.54) is 6.42 Å². The fourth-order valence-corrected chi connectivity index (χ4v) is 2.77. The van der Waals surface area contributed by atoms with Crippen LogP contribution in [0.1, 0.15) is 24.0 Å². The highest BCUT2D eigenvalue weighted by Crippen LogP contribution is 2.24. The van der Waals surface area contributed by atoms with Crippen LogP contribution in [0.2, 0.25) is 0 Å². The van der Waals surface area contributed by atoms with E-state index in [2.05, 4.69) is 4.90 Å². The first-order valence-corrected chi connectivity index (χ1v) is 6.77. The molecule has 0 spiro atoms. The highest BCUT2D eigenvalue weighted by atomic mass is 16.6. The van der Waals surface area contributed by atoms with Crippen LogP contribution in [0, 0.1) is 23.0 Å². The molecule has 2 rings (SSSR count). The molecule has 1 aliphatic heterocycles. The predicted octanol–water partition coefficient (Wildman–Crippen LogP) is 2.07. The average Bonchev–Trinajstić information content (AvgIpc) is 2.41. The molecule has 1 saturated heterocycles. The molecule has 1 aromatic carbocycles. The summed E-state index contributed by atoms with van der Waals surface area (Å²) >= 11 is 0. The van der Waals surface area contributed by atoms with Crippen LogP contribution in [-0.2, 0) is 6.54 Å². The Bertz CT molecular complexity index is 462. The molecule has 1 unspecified atom stereocenters. The van der Waals surface area contributed by atoms with Gasteiger partial charge in [-0.2, -0.15) is 0 Å². The molecule has 19 heavy (non-hydrogen) atoms. The van der Waals surface area contributed by atoms with E-state index in [1.54, 1.807) is 12.1 Å². The van der Waals surface area contributed by atoms with Crippen molar-refractivity contribution >= 4 is 5.69 Å². The van der Waals surface area contributed by atoms with E-state index in [0.29, 0.717) is 5.92 Å². The minimum absolute atomic E-state index is 0.213. The van der Waals surface area contributed by atoms with Gasteiger partial charge in [-0.05, 0) is 44.3 Å². The minimum Gasteiger partial charge on any atom is -0.330 e. The lowest BCUT2D eigenvalue weighted by Gasteiger charge is -2.32. The normalized spacial score (nSPS) is 20.4. The van der Waals surface area contributed by atoms with E-state index in [4.69, 9.17) is 5.73 Å². The molecule has 0 amide bonds. The zero-order valence-corrected chi connectivity index (χ0v) is 11.3. The minimum atomic E-state index is -0.308. The average molecular weight is 263 g/mol. The maximum absolute atomic E-state index is 10.9. The Hall–Kier alpha value is -1.46. The first kappa shape index (κ1) is 14.0. The van der Waals surface area contributed by atoms with Crippen molar-refractivity contribution in [3.05, 3.63) is 39.4 Å². The number of nitro benzene ring substituents is 1. The number of benzene rings is 1. The van der Waals surface area contributed by atoms with Crippen LogP contribution in [0.25, 0.3) is 0 Å². The van der Waals surface area contributed by atoms with Crippen molar-refractivity contribution in [2.75, 3.05) is 19.6 Å². The second-order valence-electron chi connectivity index (χ2n) is 5.30. The molecule has 5 heteroatoms. The molecular formula is C14H21N3O2. The summed E-state index contributed by atoms with van der Waals surface area (Å²) < 4.78 is 0. The summed E-state index contributed by atoms with van der Waals surface area (Å²) in [5, 5.41) is 10.9. The summed E-state index contributed by atoms with van der Waals surface area (Å²) in [4.78, 5) is 13.0. The van der Waals surface area contributed by atoms with Gasteiger partial charge >= 0.3 is 0 Å². The molecule has 1 aromatic rings. The van der Waals surface area contributed by atoms with E-state index in [9.17, 15) is 10.1 Å². The fourth-order valence-electron chi connectivity index (χ4n) is 2.77. The molecule has 1 atom stereocenters. The lowest BCUT2D eigenvalue weighted by molar-refractivity contribution is -0.385. The van der Waals surface area contributed by atoms with Crippen LogP contribution in [0.5, 0.6) is 0 Å². The van der Waals surface area contributed by atoms with Crippen LogP contribution in [0.4, 0.5) is 5.69 Å². The standard InChI is InChI=1S/C14H21N3O2/c1-11-13(5-2-6-14(11)17(18)19)10-16-7-3-4-12(8-15)9-16/h2,5-6,12H,3-4,7-10,15H2,1H3. The van der Waals surface area contributed by atoms with Gasteiger partial charge in [0.15, 0.2) is 0 Å². The molecule has 2 N–H and O–H groups in total. The van der Waals surface area contributed by atoms with Crippen LogP contribution in [-0.4, -0.2) is 29.5 Å². The van der Waals surface area contributed by atoms with Crippen LogP contribution in [0.15, 0.2) is 18.2 Å². The van der Waals surface area contributed by atoms with Crippen LogP contribution < -0.4 is 5.73 Å². The van der Waals surface area contributed by atoms with E-state index >= 15 is 0 Å². The van der Waals surface area contributed by atoms with Gasteiger partial charge in [0.1, 0.15) is 0 Å². The third-order valence-electron chi connectivity index (χ3n) is 3.94. The summed E-state index contributed by atoms with van der Waals surface area (Å²) in [6, 6.07) is 5.32. The van der Waals surface area contributed by atoms with Gasteiger partial charge in [-0.1, -0.05) is 12.1 Å². The van der Waals surface area contributed by atoms with Crippen molar-refractivity contribution in [1.82, 2.24) is 4.90 Å². The monoisotopic (exact) mass is 263 g/mol. The molecule has 0 aliphatic carbocycles. The second kappa shape index (κ2) is 6.12. The maximum atomic E-state index is 10.9. The number of hydrogen-bond donors (Lipinski definition) is 1. The Morgan fingerprint density at radius 3 is 3.00 bits per heavy atom. The van der Waals surface area contributed by atoms with Crippen molar-refractivity contribution in [3.8, 4) is 0 Å². The Balaban J connectivity index is 2.10. The summed E-state index contributed by atoms with van der Waals surface area (Å²) in [5.74, 6) is 0.563. The molecule has 1 aliphatic rings. The highest BCUT2D eigenvalue weighted by molar-refractivity contribution is 5.44. The number of nitrogens with zero attached hydrogens (tertiary/aromatic N) is 2. The number of nitrogens with two attached hydrogens (primary N) is 1. The van der Waals surface area contributed by atoms with Gasteiger partial charge < -0.3 is 5.73 Å². The van der Waals surface area contributed by atoms with Gasteiger partial charge in [0.25, 0.3) is 5.69 Å². The number of hydrogen-bond acceptors (Lipinski definition) is 4. The summed E-state index contributed by atoms with van der Waals surface area (Å²) in [6.07, 6.45) is 2.36. The zero-order chi connectivity index (χ0) is 13.8. The Kier molecular flexibility index (Phi) is 4.50. The van der Waals surface area contributed by atoms with Crippen LogP contribution >= 0.6 is 0 Å². The van der Waals surface area contributed by atoms with Gasteiger partial charge in [-0.15, -0.1) is 0 Å². The van der Waals surface area contributed by atoms with Gasteiger partial charge in [-0.3, -0.25) is 15.0 Å². The van der Waals surface area contributed by atoms with Gasteiger partial charge in [0.05, 0.1) is 4.92 Å².